The Morgan fingerprint density at radius 2 is 2.19 bits per heavy atom. The molecule has 4 nitrogen and oxygen atoms in total. The van der Waals surface area contributed by atoms with Crippen LogP contribution in [0.15, 0.2) is 29.3 Å². The highest BCUT2D eigenvalue weighted by atomic mass is 35.5. The van der Waals surface area contributed by atoms with E-state index in [0.717, 1.165) is 30.5 Å². The van der Waals surface area contributed by atoms with Crippen molar-refractivity contribution in [1.29, 1.82) is 5.26 Å². The lowest BCUT2D eigenvalue weighted by Crippen LogP contribution is -2.23. The summed E-state index contributed by atoms with van der Waals surface area (Å²) in [7, 11) is 0. The molecule has 2 unspecified atom stereocenters. The topological polar surface area (TPSA) is 65.8 Å². The van der Waals surface area contributed by atoms with Crippen LogP contribution in [-0.2, 0) is 17.6 Å². The van der Waals surface area contributed by atoms with E-state index in [0.29, 0.717) is 32.2 Å². The molecule has 0 saturated carbocycles. The molecule has 1 heterocycles. The number of hydrogen-bond acceptors (Lipinski definition) is 4. The molecule has 1 N–H and O–H groups in total. The highest BCUT2D eigenvalue weighted by Gasteiger charge is 2.22. The van der Waals surface area contributed by atoms with Crippen LogP contribution in [-0.4, -0.2) is 16.1 Å². The third kappa shape index (κ3) is 4.76. The Hall–Kier alpha value is -1.74. The summed E-state index contributed by atoms with van der Waals surface area (Å²) in [5.41, 5.74) is 3.18. The lowest BCUT2D eigenvalue weighted by Gasteiger charge is -2.22. The number of nitrogens with zero attached hydrogens (tertiary/aromatic N) is 2. The third-order valence-electron chi connectivity index (χ3n) is 4.56. The molecule has 0 radical (unpaired) electrons. The number of aromatic nitrogens is 1. The fourth-order valence-corrected chi connectivity index (χ4v) is 4.28. The number of nitrogens with one attached hydrogen (secondary N) is 1. The van der Waals surface area contributed by atoms with E-state index in [2.05, 4.69) is 18.3 Å². The van der Waals surface area contributed by atoms with Crippen LogP contribution in [0.1, 0.15) is 37.1 Å². The van der Waals surface area contributed by atoms with Crippen molar-refractivity contribution in [3.05, 3.63) is 51.1 Å². The summed E-state index contributed by atoms with van der Waals surface area (Å²) in [6, 6.07) is 9.05. The number of benzene rings is 1. The van der Waals surface area contributed by atoms with Gasteiger partial charge in [0.05, 0.1) is 21.5 Å². The summed E-state index contributed by atoms with van der Waals surface area (Å²) < 4.78 is 0. The summed E-state index contributed by atoms with van der Waals surface area (Å²) >= 11 is 13.4. The average Bonchev–Trinajstić information content (AvgIpc) is 2.64. The van der Waals surface area contributed by atoms with E-state index < -0.39 is 5.25 Å². The van der Waals surface area contributed by atoms with E-state index in [4.69, 9.17) is 28.2 Å². The second kappa shape index (κ2) is 8.52. The van der Waals surface area contributed by atoms with E-state index >= 15 is 0 Å². The Morgan fingerprint density at radius 3 is 2.93 bits per heavy atom. The van der Waals surface area contributed by atoms with E-state index in [-0.39, 0.29) is 5.91 Å². The van der Waals surface area contributed by atoms with Gasteiger partial charge in [-0.3, -0.25) is 4.79 Å². The molecule has 140 valence electrons. The summed E-state index contributed by atoms with van der Waals surface area (Å²) in [5, 5.41) is 13.4. The van der Waals surface area contributed by atoms with Crippen LogP contribution in [0.4, 0.5) is 5.69 Å². The number of rotatable bonds is 4. The molecule has 0 aliphatic heterocycles. The smallest absolute Gasteiger partial charge is 0.237 e. The standard InChI is InChI=1S/C20H19Cl2N3OS/c1-11-3-6-17-13(7-11)8-14(10-23)20(25-17)27-12(2)19(26)24-18-9-15(21)4-5-16(18)22/h4-5,8-9,11-12H,3,6-7H2,1-2H3,(H,24,26). The molecule has 0 saturated heterocycles. The molecule has 7 heteroatoms. The van der Waals surface area contributed by atoms with Crippen molar-refractivity contribution in [2.24, 2.45) is 5.92 Å². The number of carbonyl (C=O) groups excluding carboxylic acids is 1. The Labute approximate surface area is 173 Å². The van der Waals surface area contributed by atoms with Crippen molar-refractivity contribution in [1.82, 2.24) is 4.98 Å². The molecule has 1 aromatic heterocycles. The number of pyridine rings is 1. The predicted molar refractivity (Wildman–Crippen MR) is 111 cm³/mol. The monoisotopic (exact) mass is 419 g/mol. The zero-order valence-corrected chi connectivity index (χ0v) is 17.4. The molecular formula is C20H19Cl2N3OS. The van der Waals surface area contributed by atoms with Crippen molar-refractivity contribution >= 4 is 46.6 Å². The molecule has 0 spiro atoms. The number of anilines is 1. The number of aryl methyl sites for hydroxylation is 1. The van der Waals surface area contributed by atoms with E-state index in [1.165, 1.54) is 11.8 Å². The largest absolute Gasteiger partial charge is 0.324 e. The van der Waals surface area contributed by atoms with Crippen LogP contribution in [0.5, 0.6) is 0 Å². The fraction of sp³-hybridized carbons (Fsp3) is 0.350. The van der Waals surface area contributed by atoms with Crippen LogP contribution < -0.4 is 5.32 Å². The molecule has 1 aromatic carbocycles. The summed E-state index contributed by atoms with van der Waals surface area (Å²) in [6.07, 6.45) is 2.96. The van der Waals surface area contributed by atoms with Crippen molar-refractivity contribution in [3.63, 3.8) is 0 Å². The first-order valence-electron chi connectivity index (χ1n) is 8.73. The minimum Gasteiger partial charge on any atom is -0.324 e. The summed E-state index contributed by atoms with van der Waals surface area (Å²) in [4.78, 5) is 17.3. The van der Waals surface area contributed by atoms with Gasteiger partial charge in [0.25, 0.3) is 0 Å². The van der Waals surface area contributed by atoms with Crippen molar-refractivity contribution < 1.29 is 4.79 Å². The molecule has 1 aliphatic carbocycles. The van der Waals surface area contributed by atoms with Crippen LogP contribution >= 0.6 is 35.0 Å². The first-order valence-corrected chi connectivity index (χ1v) is 10.4. The average molecular weight is 420 g/mol. The van der Waals surface area contributed by atoms with Gasteiger partial charge < -0.3 is 5.32 Å². The molecule has 3 rings (SSSR count). The zero-order chi connectivity index (χ0) is 19.6. The van der Waals surface area contributed by atoms with Gasteiger partial charge in [0, 0.05) is 10.7 Å². The van der Waals surface area contributed by atoms with Crippen LogP contribution in [0.3, 0.4) is 0 Å². The van der Waals surface area contributed by atoms with E-state index in [1.54, 1.807) is 25.1 Å². The maximum absolute atomic E-state index is 12.6. The third-order valence-corrected chi connectivity index (χ3v) is 6.23. The number of nitriles is 1. The highest BCUT2D eigenvalue weighted by molar-refractivity contribution is 8.00. The number of carbonyl (C=O) groups is 1. The number of fused-ring (bicyclic) bond motifs is 1. The van der Waals surface area contributed by atoms with Crippen molar-refractivity contribution in [2.75, 3.05) is 5.32 Å². The van der Waals surface area contributed by atoms with E-state index in [9.17, 15) is 10.1 Å². The van der Waals surface area contributed by atoms with Gasteiger partial charge in [-0.25, -0.2) is 4.98 Å². The highest BCUT2D eigenvalue weighted by Crippen LogP contribution is 2.32. The van der Waals surface area contributed by atoms with Gasteiger partial charge in [-0.2, -0.15) is 5.26 Å². The molecule has 0 fully saturated rings. The quantitative estimate of drug-likeness (QED) is 0.663. The van der Waals surface area contributed by atoms with Crippen molar-refractivity contribution in [3.8, 4) is 6.07 Å². The molecule has 1 amide bonds. The lowest BCUT2D eigenvalue weighted by molar-refractivity contribution is -0.115. The van der Waals surface area contributed by atoms with Crippen LogP contribution in [0.25, 0.3) is 0 Å². The van der Waals surface area contributed by atoms with Gasteiger partial charge in [0.15, 0.2) is 0 Å². The Morgan fingerprint density at radius 1 is 1.41 bits per heavy atom. The minimum atomic E-state index is -0.444. The fourth-order valence-electron chi connectivity index (χ4n) is 3.05. The second-order valence-electron chi connectivity index (χ2n) is 6.78. The Bertz CT molecular complexity index is 926. The normalized spacial score (nSPS) is 16.9. The minimum absolute atomic E-state index is 0.221. The Kier molecular flexibility index (Phi) is 6.31. The lowest BCUT2D eigenvalue weighted by atomic mass is 9.87. The molecule has 2 atom stereocenters. The molecular weight excluding hydrogens is 401 g/mol. The van der Waals surface area contributed by atoms with Gasteiger partial charge in [0.2, 0.25) is 5.91 Å². The summed E-state index contributed by atoms with van der Waals surface area (Å²) in [6.45, 7) is 3.99. The van der Waals surface area contributed by atoms with Gasteiger partial charge in [0.1, 0.15) is 11.1 Å². The van der Waals surface area contributed by atoms with Gasteiger partial charge >= 0.3 is 0 Å². The van der Waals surface area contributed by atoms with Crippen molar-refractivity contribution in [2.45, 2.75) is 43.4 Å². The zero-order valence-electron chi connectivity index (χ0n) is 15.1. The van der Waals surface area contributed by atoms with E-state index in [1.807, 2.05) is 6.07 Å². The maximum Gasteiger partial charge on any atom is 0.237 e. The SMILES string of the molecule is CC1CCc2nc(SC(C)C(=O)Nc3cc(Cl)ccc3Cl)c(C#N)cc2C1. The van der Waals surface area contributed by atoms with Crippen LogP contribution in [0, 0.1) is 17.2 Å². The maximum atomic E-state index is 12.6. The first-order chi connectivity index (χ1) is 12.9. The molecule has 1 aliphatic rings. The molecule has 27 heavy (non-hydrogen) atoms. The predicted octanol–water partition coefficient (Wildman–Crippen LogP) is 5.50. The number of amides is 1. The van der Waals surface area contributed by atoms with Gasteiger partial charge in [-0.1, -0.05) is 41.9 Å². The summed E-state index contributed by atoms with van der Waals surface area (Å²) in [5.74, 6) is 0.387. The second-order valence-corrected chi connectivity index (χ2v) is 8.95. The van der Waals surface area contributed by atoms with Gasteiger partial charge in [-0.15, -0.1) is 0 Å². The first kappa shape index (κ1) is 20.0. The number of thioether (sulfide) groups is 1. The van der Waals surface area contributed by atoms with Gasteiger partial charge in [-0.05, 0) is 61.9 Å². The molecule has 2 aromatic rings. The Balaban J connectivity index is 1.77. The molecule has 0 bridgehead atoms. The number of halogens is 2. The number of hydrogen-bond donors (Lipinski definition) is 1. The van der Waals surface area contributed by atoms with Crippen LogP contribution in [0.2, 0.25) is 10.0 Å².